The molecule has 34 heavy (non-hydrogen) atoms. The number of hydrogen-bond acceptors (Lipinski definition) is 6. The third kappa shape index (κ3) is 6.60. The normalized spacial score (nSPS) is 16.0. The molecule has 0 bridgehead atoms. The van der Waals surface area contributed by atoms with Gasteiger partial charge < -0.3 is 24.8 Å². The van der Waals surface area contributed by atoms with Crippen LogP contribution in [-0.4, -0.2) is 47.1 Å². The monoisotopic (exact) mass is 494 g/mol. The summed E-state index contributed by atoms with van der Waals surface area (Å²) in [5.41, 5.74) is 0.198. The highest BCUT2D eigenvalue weighted by atomic mass is 32.2. The van der Waals surface area contributed by atoms with Crippen molar-refractivity contribution in [3.8, 4) is 5.75 Å². The largest absolute Gasteiger partial charge is 0.478 e. The quantitative estimate of drug-likeness (QED) is 0.608. The average molecular weight is 495 g/mol. The maximum Gasteiger partial charge on any atom is 0.408 e. The summed E-state index contributed by atoms with van der Waals surface area (Å²) in [7, 11) is 0. The number of thioether (sulfide) groups is 1. The first-order chi connectivity index (χ1) is 15.9. The number of nitrogens with zero attached hydrogens (tertiary/aromatic N) is 1. The van der Waals surface area contributed by atoms with E-state index in [0.29, 0.717) is 16.1 Å². The Hall–Kier alpha value is -3.34. The molecule has 0 spiro atoms. The van der Waals surface area contributed by atoms with Crippen molar-refractivity contribution in [3.05, 3.63) is 53.6 Å². The summed E-state index contributed by atoms with van der Waals surface area (Å²) in [5.74, 6) is -1.45. The summed E-state index contributed by atoms with van der Waals surface area (Å²) in [4.78, 5) is 39.4. The van der Waals surface area contributed by atoms with E-state index in [-0.39, 0.29) is 23.6 Å². The first-order valence-electron chi connectivity index (χ1n) is 10.3. The van der Waals surface area contributed by atoms with Crippen LogP contribution < -0.4 is 15.0 Å². The fraction of sp³-hybridized carbons (Fsp3) is 0.348. The van der Waals surface area contributed by atoms with Gasteiger partial charge in [-0.05, 0) is 56.7 Å². The lowest BCUT2D eigenvalue weighted by Crippen LogP contribution is -2.50. The van der Waals surface area contributed by atoms with Crippen molar-refractivity contribution in [2.75, 3.05) is 10.7 Å². The van der Waals surface area contributed by atoms with Crippen molar-refractivity contribution in [2.45, 2.75) is 50.5 Å². The lowest BCUT2D eigenvalue weighted by Gasteiger charge is -2.27. The van der Waals surface area contributed by atoms with Gasteiger partial charge in [0.1, 0.15) is 17.4 Å². The van der Waals surface area contributed by atoms with E-state index in [1.807, 2.05) is 0 Å². The number of amides is 2. The molecule has 1 heterocycles. The number of benzene rings is 2. The molecule has 0 unspecified atom stereocenters. The number of anilines is 1. The second kappa shape index (κ2) is 10.3. The van der Waals surface area contributed by atoms with Gasteiger partial charge >= 0.3 is 18.7 Å². The van der Waals surface area contributed by atoms with E-state index in [1.54, 1.807) is 26.8 Å². The number of rotatable bonds is 6. The SMILES string of the molecule is CC(C)(C)OC(=O)N[C@H]1CSc2ccc(C(=O)O)cc2N(Cc2ccc(OC(F)F)cc2)C1=O. The topological polar surface area (TPSA) is 105 Å². The molecule has 2 amide bonds. The Bertz CT molecular complexity index is 1070. The van der Waals surface area contributed by atoms with Crippen LogP contribution in [0, 0.1) is 0 Å². The minimum Gasteiger partial charge on any atom is -0.478 e. The molecule has 0 saturated heterocycles. The van der Waals surface area contributed by atoms with E-state index in [0.717, 1.165) is 0 Å². The van der Waals surface area contributed by atoms with Crippen LogP contribution in [0.2, 0.25) is 0 Å². The first-order valence-corrected chi connectivity index (χ1v) is 11.3. The maximum atomic E-state index is 13.5. The molecule has 182 valence electrons. The number of alkyl carbamates (subject to hydrolysis) is 1. The number of carbonyl (C=O) groups excluding carboxylic acids is 2. The number of nitrogens with one attached hydrogen (secondary N) is 1. The predicted octanol–water partition coefficient (Wildman–Crippen LogP) is 4.52. The summed E-state index contributed by atoms with van der Waals surface area (Å²) in [6, 6.07) is 9.26. The van der Waals surface area contributed by atoms with Crippen molar-refractivity contribution in [2.24, 2.45) is 0 Å². The molecule has 0 saturated carbocycles. The van der Waals surface area contributed by atoms with Crippen LogP contribution in [0.15, 0.2) is 47.4 Å². The molecular weight excluding hydrogens is 470 g/mol. The third-order valence-corrected chi connectivity index (χ3v) is 5.80. The molecule has 0 aromatic heterocycles. The highest BCUT2D eigenvalue weighted by Crippen LogP contribution is 2.36. The standard InChI is InChI=1S/C23H24F2N2O6S/c1-23(2,3)33-22(31)26-16-12-34-18-9-6-14(20(29)30)10-17(18)27(19(16)28)11-13-4-7-15(8-5-13)32-21(24)25/h4-10,16,21H,11-12H2,1-3H3,(H,26,31)(H,29,30)/t16-/m0/s1. The zero-order chi connectivity index (χ0) is 25.0. The number of carboxylic acids is 1. The Morgan fingerprint density at radius 3 is 2.47 bits per heavy atom. The number of fused-ring (bicyclic) bond motifs is 1. The second-order valence-corrected chi connectivity index (χ2v) is 9.51. The van der Waals surface area contributed by atoms with Gasteiger partial charge in [-0.2, -0.15) is 8.78 Å². The number of carboxylic acid groups (broad SMARTS) is 1. The van der Waals surface area contributed by atoms with Crippen molar-refractivity contribution in [1.29, 1.82) is 0 Å². The molecule has 0 radical (unpaired) electrons. The minimum atomic E-state index is -2.96. The Kier molecular flexibility index (Phi) is 7.65. The number of carbonyl (C=O) groups is 3. The van der Waals surface area contributed by atoms with Crippen LogP contribution in [0.25, 0.3) is 0 Å². The molecule has 2 N–H and O–H groups in total. The van der Waals surface area contributed by atoms with Crippen LogP contribution in [0.3, 0.4) is 0 Å². The molecule has 0 fully saturated rings. The molecule has 2 aromatic carbocycles. The molecule has 0 aliphatic carbocycles. The van der Waals surface area contributed by atoms with Crippen LogP contribution in [0.4, 0.5) is 19.3 Å². The van der Waals surface area contributed by atoms with Crippen molar-refractivity contribution in [1.82, 2.24) is 5.32 Å². The number of aromatic carboxylic acids is 1. The maximum absolute atomic E-state index is 13.5. The molecule has 11 heteroatoms. The third-order valence-electron chi connectivity index (χ3n) is 4.65. The summed E-state index contributed by atoms with van der Waals surface area (Å²) in [6.07, 6.45) is -0.753. The number of hydrogen-bond donors (Lipinski definition) is 2. The Balaban J connectivity index is 1.92. The van der Waals surface area contributed by atoms with E-state index in [2.05, 4.69) is 10.1 Å². The molecule has 1 aliphatic rings. The van der Waals surface area contributed by atoms with Gasteiger partial charge in [0, 0.05) is 10.6 Å². The number of ether oxygens (including phenoxy) is 2. The predicted molar refractivity (Wildman–Crippen MR) is 122 cm³/mol. The van der Waals surface area contributed by atoms with E-state index >= 15 is 0 Å². The van der Waals surface area contributed by atoms with Crippen molar-refractivity contribution >= 4 is 35.4 Å². The second-order valence-electron chi connectivity index (χ2n) is 8.44. The Morgan fingerprint density at radius 1 is 1.21 bits per heavy atom. The van der Waals surface area contributed by atoms with E-state index in [1.165, 1.54) is 53.1 Å². The van der Waals surface area contributed by atoms with Gasteiger partial charge in [-0.15, -0.1) is 11.8 Å². The molecule has 1 aliphatic heterocycles. The smallest absolute Gasteiger partial charge is 0.408 e. The summed E-state index contributed by atoms with van der Waals surface area (Å²) in [6.45, 7) is 2.15. The lowest BCUT2D eigenvalue weighted by molar-refractivity contribution is -0.120. The summed E-state index contributed by atoms with van der Waals surface area (Å²) < 4.78 is 34.5. The first kappa shape index (κ1) is 25.3. The van der Waals surface area contributed by atoms with E-state index in [4.69, 9.17) is 4.74 Å². The van der Waals surface area contributed by atoms with Crippen molar-refractivity contribution < 1.29 is 37.7 Å². The van der Waals surface area contributed by atoms with Gasteiger partial charge in [0.2, 0.25) is 0 Å². The highest BCUT2D eigenvalue weighted by Gasteiger charge is 2.33. The van der Waals surface area contributed by atoms with Gasteiger partial charge in [-0.1, -0.05) is 12.1 Å². The number of halogens is 2. The van der Waals surface area contributed by atoms with Crippen LogP contribution in [-0.2, 0) is 16.1 Å². The molecule has 8 nitrogen and oxygen atoms in total. The zero-order valence-corrected chi connectivity index (χ0v) is 19.5. The zero-order valence-electron chi connectivity index (χ0n) is 18.7. The summed E-state index contributed by atoms with van der Waals surface area (Å²) >= 11 is 1.30. The Morgan fingerprint density at radius 2 is 1.88 bits per heavy atom. The van der Waals surface area contributed by atoms with Gasteiger partial charge in [0.25, 0.3) is 5.91 Å². The minimum absolute atomic E-state index is 0.00335. The Labute approximate surface area is 199 Å². The van der Waals surface area contributed by atoms with E-state index < -0.39 is 36.2 Å². The van der Waals surface area contributed by atoms with Crippen LogP contribution >= 0.6 is 11.8 Å². The highest BCUT2D eigenvalue weighted by molar-refractivity contribution is 7.99. The molecule has 3 rings (SSSR count). The fourth-order valence-corrected chi connectivity index (χ4v) is 4.26. The van der Waals surface area contributed by atoms with Gasteiger partial charge in [0.15, 0.2) is 0 Å². The fourth-order valence-electron chi connectivity index (χ4n) is 3.21. The van der Waals surface area contributed by atoms with Crippen molar-refractivity contribution in [3.63, 3.8) is 0 Å². The van der Waals surface area contributed by atoms with Gasteiger partial charge in [-0.3, -0.25) is 4.79 Å². The molecule has 2 aromatic rings. The van der Waals surface area contributed by atoms with Gasteiger partial charge in [0.05, 0.1) is 17.8 Å². The van der Waals surface area contributed by atoms with Gasteiger partial charge in [-0.25, -0.2) is 9.59 Å². The average Bonchev–Trinajstić information content (AvgIpc) is 2.85. The number of alkyl halides is 2. The molecule has 1 atom stereocenters. The van der Waals surface area contributed by atoms with Crippen LogP contribution in [0.1, 0.15) is 36.7 Å². The summed E-state index contributed by atoms with van der Waals surface area (Å²) in [5, 5.41) is 12.0. The molecular formula is C23H24F2N2O6S. The van der Waals surface area contributed by atoms with Crippen LogP contribution in [0.5, 0.6) is 5.75 Å². The van der Waals surface area contributed by atoms with E-state index in [9.17, 15) is 28.3 Å². The lowest BCUT2D eigenvalue weighted by atomic mass is 10.1.